The molecule has 0 aromatic carbocycles. The average Bonchev–Trinajstić information content (AvgIpc) is 2.25. The van der Waals surface area contributed by atoms with Gasteiger partial charge in [0.2, 0.25) is 0 Å². The Morgan fingerprint density at radius 2 is 1.87 bits per heavy atom. The first-order valence-electron chi connectivity index (χ1n) is 5.26. The Kier molecular flexibility index (Phi) is 4.87. The lowest BCUT2D eigenvalue weighted by Crippen LogP contribution is -2.15. The molecule has 1 aliphatic rings. The van der Waals surface area contributed by atoms with Gasteiger partial charge in [0, 0.05) is 12.2 Å². The summed E-state index contributed by atoms with van der Waals surface area (Å²) in [5.41, 5.74) is 0. The minimum absolute atomic E-state index is 0.419. The van der Waals surface area contributed by atoms with Gasteiger partial charge in [-0.3, -0.25) is 0 Å². The van der Waals surface area contributed by atoms with Crippen LogP contribution in [0.3, 0.4) is 0 Å². The van der Waals surface area contributed by atoms with Crippen molar-refractivity contribution in [3.8, 4) is 0 Å². The molecule has 0 amide bonds. The number of rotatable bonds is 4. The van der Waals surface area contributed by atoms with Gasteiger partial charge in [-0.2, -0.15) is 0 Å². The van der Waals surface area contributed by atoms with E-state index in [0.717, 1.165) is 25.0 Å². The van der Waals surface area contributed by atoms with E-state index in [9.17, 15) is 9.59 Å². The van der Waals surface area contributed by atoms with Crippen molar-refractivity contribution in [1.29, 1.82) is 0 Å². The third-order valence-electron chi connectivity index (χ3n) is 2.55. The smallest absolute Gasteiger partial charge is 0.331 e. The minimum Gasteiger partial charge on any atom is -0.478 e. The summed E-state index contributed by atoms with van der Waals surface area (Å²) in [6, 6.07) is 0. The lowest BCUT2D eigenvalue weighted by atomic mass is 9.90. The minimum atomic E-state index is -1.13. The number of hydrogen-bond donors (Lipinski definition) is 1. The number of carbonyl (C=O) groups excluding carboxylic acids is 1. The average molecular weight is 212 g/mol. The third kappa shape index (κ3) is 5.20. The van der Waals surface area contributed by atoms with Crippen LogP contribution in [0.1, 0.15) is 32.1 Å². The van der Waals surface area contributed by atoms with Crippen LogP contribution in [0.5, 0.6) is 0 Å². The molecule has 0 aromatic heterocycles. The molecule has 84 valence electrons. The molecule has 0 aromatic rings. The van der Waals surface area contributed by atoms with Gasteiger partial charge in [-0.15, -0.1) is 0 Å². The molecule has 0 aliphatic heterocycles. The molecule has 0 atom stereocenters. The molecule has 0 radical (unpaired) electrons. The van der Waals surface area contributed by atoms with E-state index in [2.05, 4.69) is 0 Å². The van der Waals surface area contributed by atoms with Crippen LogP contribution in [-0.2, 0) is 14.3 Å². The highest BCUT2D eigenvalue weighted by Crippen LogP contribution is 2.23. The first-order chi connectivity index (χ1) is 7.18. The van der Waals surface area contributed by atoms with Gasteiger partial charge in [-0.1, -0.05) is 19.3 Å². The molecule has 0 unspecified atom stereocenters. The van der Waals surface area contributed by atoms with Gasteiger partial charge in [0.1, 0.15) is 0 Å². The molecule has 15 heavy (non-hydrogen) atoms. The summed E-state index contributed by atoms with van der Waals surface area (Å²) in [7, 11) is 0. The van der Waals surface area contributed by atoms with Gasteiger partial charge in [0.05, 0.1) is 6.61 Å². The van der Waals surface area contributed by atoms with Gasteiger partial charge in [0.15, 0.2) is 0 Å². The summed E-state index contributed by atoms with van der Waals surface area (Å²) >= 11 is 0. The van der Waals surface area contributed by atoms with E-state index in [4.69, 9.17) is 9.84 Å². The number of carbonyl (C=O) groups is 2. The Labute approximate surface area is 88.9 Å². The molecule has 4 nitrogen and oxygen atoms in total. The lowest BCUT2D eigenvalue weighted by molar-refractivity contribution is -0.140. The molecular weight excluding hydrogens is 196 g/mol. The van der Waals surface area contributed by atoms with Crippen molar-refractivity contribution in [2.24, 2.45) is 5.92 Å². The van der Waals surface area contributed by atoms with Crippen molar-refractivity contribution in [1.82, 2.24) is 0 Å². The molecule has 1 saturated carbocycles. The summed E-state index contributed by atoms with van der Waals surface area (Å²) in [4.78, 5) is 21.1. The maximum absolute atomic E-state index is 11.0. The Balaban J connectivity index is 2.18. The quantitative estimate of drug-likeness (QED) is 0.569. The number of aliphatic carboxylic acids is 1. The predicted octanol–water partition coefficient (Wildman–Crippen LogP) is 1.75. The van der Waals surface area contributed by atoms with Crippen LogP contribution in [0.25, 0.3) is 0 Å². The summed E-state index contributed by atoms with van der Waals surface area (Å²) in [6.07, 6.45) is 7.63. The number of carboxylic acid groups (broad SMARTS) is 1. The summed E-state index contributed by atoms with van der Waals surface area (Å²) in [5, 5.41) is 8.28. The lowest BCUT2D eigenvalue weighted by Gasteiger charge is -2.20. The summed E-state index contributed by atoms with van der Waals surface area (Å²) in [6.45, 7) is 0.419. The second-order valence-corrected chi connectivity index (χ2v) is 3.81. The van der Waals surface area contributed by atoms with Crippen molar-refractivity contribution < 1.29 is 19.4 Å². The predicted molar refractivity (Wildman–Crippen MR) is 54.3 cm³/mol. The standard InChI is InChI=1S/C11H16O4/c12-10(13)6-7-11(14)15-8-9-4-2-1-3-5-9/h6-7,9H,1-5,8H2,(H,12,13)/b7-6-. The van der Waals surface area contributed by atoms with Crippen LogP contribution in [0, 0.1) is 5.92 Å². The van der Waals surface area contributed by atoms with Gasteiger partial charge in [-0.25, -0.2) is 9.59 Å². The number of carboxylic acids is 1. The maximum Gasteiger partial charge on any atom is 0.331 e. The number of esters is 1. The van der Waals surface area contributed by atoms with E-state index in [1.165, 1.54) is 19.3 Å². The Morgan fingerprint density at radius 1 is 1.20 bits per heavy atom. The molecular formula is C11H16O4. The van der Waals surface area contributed by atoms with E-state index < -0.39 is 11.9 Å². The highest BCUT2D eigenvalue weighted by atomic mass is 16.5. The normalized spacial score (nSPS) is 17.9. The van der Waals surface area contributed by atoms with Crippen molar-refractivity contribution in [2.75, 3.05) is 6.61 Å². The van der Waals surface area contributed by atoms with Crippen molar-refractivity contribution in [3.05, 3.63) is 12.2 Å². The van der Waals surface area contributed by atoms with Crippen molar-refractivity contribution in [2.45, 2.75) is 32.1 Å². The van der Waals surface area contributed by atoms with Crippen LogP contribution < -0.4 is 0 Å². The topological polar surface area (TPSA) is 63.6 Å². The highest BCUT2D eigenvalue weighted by Gasteiger charge is 2.14. The van der Waals surface area contributed by atoms with E-state index in [0.29, 0.717) is 12.5 Å². The monoisotopic (exact) mass is 212 g/mol. The van der Waals surface area contributed by atoms with Crippen LogP contribution >= 0.6 is 0 Å². The van der Waals surface area contributed by atoms with Crippen molar-refractivity contribution in [3.63, 3.8) is 0 Å². The molecule has 1 fully saturated rings. The van der Waals surface area contributed by atoms with Gasteiger partial charge in [-0.05, 0) is 18.8 Å². The Morgan fingerprint density at radius 3 is 2.47 bits per heavy atom. The molecule has 0 bridgehead atoms. The Hall–Kier alpha value is -1.32. The fourth-order valence-electron chi connectivity index (χ4n) is 1.74. The number of hydrogen-bond acceptors (Lipinski definition) is 3. The summed E-state index contributed by atoms with van der Waals surface area (Å²) in [5.74, 6) is -1.24. The second kappa shape index (κ2) is 6.22. The molecule has 1 N–H and O–H groups in total. The van der Waals surface area contributed by atoms with E-state index in [1.807, 2.05) is 0 Å². The van der Waals surface area contributed by atoms with E-state index in [-0.39, 0.29) is 0 Å². The molecule has 1 rings (SSSR count). The van der Waals surface area contributed by atoms with Crippen LogP contribution in [-0.4, -0.2) is 23.7 Å². The van der Waals surface area contributed by atoms with Gasteiger partial charge in [0.25, 0.3) is 0 Å². The van der Waals surface area contributed by atoms with Crippen molar-refractivity contribution >= 4 is 11.9 Å². The van der Waals surface area contributed by atoms with Gasteiger partial charge < -0.3 is 9.84 Å². The first-order valence-corrected chi connectivity index (χ1v) is 5.26. The molecule has 0 heterocycles. The largest absolute Gasteiger partial charge is 0.478 e. The highest BCUT2D eigenvalue weighted by molar-refractivity contribution is 5.90. The van der Waals surface area contributed by atoms with E-state index in [1.54, 1.807) is 0 Å². The fourth-order valence-corrected chi connectivity index (χ4v) is 1.74. The second-order valence-electron chi connectivity index (χ2n) is 3.81. The van der Waals surface area contributed by atoms with Crippen LogP contribution in [0.15, 0.2) is 12.2 Å². The number of ether oxygens (including phenoxy) is 1. The fraction of sp³-hybridized carbons (Fsp3) is 0.636. The molecule has 4 heteroatoms. The summed E-state index contributed by atoms with van der Waals surface area (Å²) < 4.78 is 4.94. The zero-order chi connectivity index (χ0) is 11.1. The third-order valence-corrected chi connectivity index (χ3v) is 2.55. The van der Waals surface area contributed by atoms with Gasteiger partial charge >= 0.3 is 11.9 Å². The van der Waals surface area contributed by atoms with Crippen LogP contribution in [0.4, 0.5) is 0 Å². The SMILES string of the molecule is O=C(O)/C=C\C(=O)OCC1CCCCC1. The molecule has 0 saturated heterocycles. The molecule has 0 spiro atoms. The van der Waals surface area contributed by atoms with E-state index >= 15 is 0 Å². The molecule has 1 aliphatic carbocycles. The zero-order valence-corrected chi connectivity index (χ0v) is 8.65. The maximum atomic E-state index is 11.0. The Bertz CT molecular complexity index is 251. The van der Waals surface area contributed by atoms with Crippen LogP contribution in [0.2, 0.25) is 0 Å². The zero-order valence-electron chi connectivity index (χ0n) is 8.65. The first kappa shape index (κ1) is 11.8.